The van der Waals surface area contributed by atoms with Crippen molar-refractivity contribution in [3.8, 4) is 0 Å². The quantitative estimate of drug-likeness (QED) is 0.861. The molecule has 2 N–H and O–H groups in total. The van der Waals surface area contributed by atoms with E-state index >= 15 is 0 Å². The first-order valence-corrected chi connectivity index (χ1v) is 9.45. The van der Waals surface area contributed by atoms with E-state index in [2.05, 4.69) is 52.0 Å². The van der Waals surface area contributed by atoms with Crippen LogP contribution in [-0.4, -0.2) is 24.8 Å². The van der Waals surface area contributed by atoms with Crippen molar-refractivity contribution in [2.24, 2.45) is 23.0 Å². The lowest BCUT2D eigenvalue weighted by molar-refractivity contribution is -0.199. The molecule has 1 aromatic rings. The molecule has 0 spiro atoms. The van der Waals surface area contributed by atoms with Gasteiger partial charge in [-0.05, 0) is 67.9 Å². The van der Waals surface area contributed by atoms with Crippen LogP contribution < -0.4 is 5.73 Å². The summed E-state index contributed by atoms with van der Waals surface area (Å²) in [5.74, 6) is 1.32. The zero-order valence-corrected chi connectivity index (χ0v) is 15.4. The molecule has 5 rings (SSSR count). The van der Waals surface area contributed by atoms with E-state index in [0.29, 0.717) is 11.3 Å². The van der Waals surface area contributed by atoms with Gasteiger partial charge in [-0.25, -0.2) is 0 Å². The van der Waals surface area contributed by atoms with Gasteiger partial charge in [-0.1, -0.05) is 38.1 Å². The van der Waals surface area contributed by atoms with E-state index < -0.39 is 0 Å². The normalized spacial score (nSPS) is 37.7. The fraction of sp³-hybridized carbons (Fsp3) is 0.700. The summed E-state index contributed by atoms with van der Waals surface area (Å²) >= 11 is 0. The average molecular weight is 327 g/mol. The first-order valence-electron chi connectivity index (χ1n) is 9.45. The molecule has 1 saturated heterocycles. The molecule has 3 saturated carbocycles. The third kappa shape index (κ3) is 2.38. The van der Waals surface area contributed by atoms with Gasteiger partial charge in [0, 0.05) is 5.94 Å². The molecule has 24 heavy (non-hydrogen) atoms. The summed E-state index contributed by atoms with van der Waals surface area (Å²) in [6, 6.07) is 8.54. The van der Waals surface area contributed by atoms with E-state index in [-0.39, 0.29) is 24.8 Å². The first-order chi connectivity index (χ1) is 11.3. The van der Waals surface area contributed by atoms with Crippen molar-refractivity contribution in [1.82, 2.24) is 0 Å². The maximum absolute atomic E-state index is 6.47. The van der Waals surface area contributed by atoms with E-state index in [1.165, 1.54) is 17.5 Å². The molecule has 0 aromatic heterocycles. The topological polar surface area (TPSA) is 44.5 Å². The van der Waals surface area contributed by atoms with Crippen LogP contribution in [0.1, 0.15) is 51.2 Å². The average Bonchev–Trinajstić information content (AvgIpc) is 2.90. The highest BCUT2D eigenvalue weighted by Gasteiger charge is 2.68. The van der Waals surface area contributed by atoms with Gasteiger partial charge in [0.15, 0.2) is 0 Å². The van der Waals surface area contributed by atoms with Crippen molar-refractivity contribution < 1.29 is 9.31 Å². The summed E-state index contributed by atoms with van der Waals surface area (Å²) in [7, 11) is -0.251. The predicted molar refractivity (Wildman–Crippen MR) is 97.6 cm³/mol. The van der Waals surface area contributed by atoms with Gasteiger partial charge < -0.3 is 15.0 Å². The second kappa shape index (κ2) is 5.58. The zero-order valence-electron chi connectivity index (χ0n) is 15.4. The Bertz CT molecular complexity index is 634. The highest BCUT2D eigenvalue weighted by molar-refractivity contribution is 6.47. The molecule has 0 radical (unpaired) electrons. The molecular weight excluding hydrogens is 297 g/mol. The molecule has 3 nitrogen and oxygen atoms in total. The van der Waals surface area contributed by atoms with Crippen molar-refractivity contribution in [3.05, 3.63) is 35.4 Å². The van der Waals surface area contributed by atoms with Crippen molar-refractivity contribution in [2.45, 2.75) is 71.0 Å². The molecule has 5 atom stereocenters. The van der Waals surface area contributed by atoms with Gasteiger partial charge in [-0.2, -0.15) is 0 Å². The number of aryl methyl sites for hydroxylation is 2. The van der Waals surface area contributed by atoms with Gasteiger partial charge in [-0.3, -0.25) is 0 Å². The van der Waals surface area contributed by atoms with Gasteiger partial charge in [-0.15, -0.1) is 0 Å². The Hall–Kier alpha value is -0.835. The highest BCUT2D eigenvalue weighted by Crippen LogP contribution is 2.65. The third-order valence-electron chi connectivity index (χ3n) is 7.33. The fourth-order valence-electron chi connectivity index (χ4n) is 5.43. The summed E-state index contributed by atoms with van der Waals surface area (Å²) in [5.41, 5.74) is 9.41. The van der Waals surface area contributed by atoms with E-state index in [4.69, 9.17) is 15.0 Å². The predicted octanol–water partition coefficient (Wildman–Crippen LogP) is 3.52. The molecule has 2 bridgehead atoms. The van der Waals surface area contributed by atoms with Crippen molar-refractivity contribution in [3.63, 3.8) is 0 Å². The Morgan fingerprint density at radius 3 is 2.71 bits per heavy atom. The van der Waals surface area contributed by atoms with Gasteiger partial charge in [0.1, 0.15) is 0 Å². The van der Waals surface area contributed by atoms with Crippen LogP contribution in [0.25, 0.3) is 0 Å². The Balaban J connectivity index is 1.41. The van der Waals surface area contributed by atoms with Crippen LogP contribution in [0.15, 0.2) is 24.3 Å². The third-order valence-corrected chi connectivity index (χ3v) is 7.33. The van der Waals surface area contributed by atoms with E-state index in [9.17, 15) is 0 Å². The molecular formula is C20H30BNO2. The van der Waals surface area contributed by atoms with Gasteiger partial charge in [0.25, 0.3) is 0 Å². The van der Waals surface area contributed by atoms with Crippen molar-refractivity contribution in [2.75, 3.05) is 0 Å². The molecule has 0 amide bonds. The number of nitrogens with two attached hydrogens (primary N) is 1. The molecule has 3 aliphatic carbocycles. The summed E-state index contributed by atoms with van der Waals surface area (Å²) in [4.78, 5) is 0. The molecule has 1 aliphatic heterocycles. The van der Waals surface area contributed by atoms with E-state index in [0.717, 1.165) is 25.2 Å². The molecule has 4 fully saturated rings. The van der Waals surface area contributed by atoms with E-state index in [1.54, 1.807) is 0 Å². The van der Waals surface area contributed by atoms with Gasteiger partial charge >= 0.3 is 7.12 Å². The largest absolute Gasteiger partial charge is 0.475 e. The summed E-state index contributed by atoms with van der Waals surface area (Å²) in [6.45, 7) is 9.20. The first kappa shape index (κ1) is 16.6. The number of benzene rings is 1. The molecule has 4 aliphatic rings. The molecule has 0 unspecified atom stereocenters. The zero-order chi connectivity index (χ0) is 17.1. The lowest BCUT2D eigenvalue weighted by Crippen LogP contribution is -2.65. The smallest absolute Gasteiger partial charge is 0.404 e. The van der Waals surface area contributed by atoms with Gasteiger partial charge in [0.2, 0.25) is 0 Å². The monoisotopic (exact) mass is 327 g/mol. The second-order valence-electron chi connectivity index (χ2n) is 8.97. The Kier molecular flexibility index (Phi) is 3.87. The minimum Gasteiger partial charge on any atom is -0.404 e. The van der Waals surface area contributed by atoms with Crippen LogP contribution in [0.2, 0.25) is 0 Å². The Morgan fingerprint density at radius 1 is 1.25 bits per heavy atom. The van der Waals surface area contributed by atoms with Crippen LogP contribution in [0.4, 0.5) is 0 Å². The molecule has 130 valence electrons. The summed E-state index contributed by atoms with van der Waals surface area (Å²) in [5, 5.41) is 0. The number of hydrogen-bond acceptors (Lipinski definition) is 3. The standard InChI is InChI=1S/C20H30BNO2/c1-13-7-5-6-8-14(13)9-10-18(22)21-23-17-12-15-11-16(19(15,2)3)20(17,4)24-21/h5-8,15-18H,9-12,22H2,1-4H3/t15-,16-,17+,18-,20-/m0/s1. The SMILES string of the molecule is Cc1ccccc1CC[C@H](N)B1O[C@@H]2C[C@@H]3C[C@@H](C3(C)C)[C@]2(C)O1. The Labute approximate surface area is 146 Å². The molecule has 1 aromatic carbocycles. The van der Waals surface area contributed by atoms with Crippen LogP contribution in [0, 0.1) is 24.2 Å². The highest BCUT2D eigenvalue weighted by atomic mass is 16.7. The van der Waals surface area contributed by atoms with E-state index in [1.807, 2.05) is 0 Å². The molecule has 4 heteroatoms. The number of hydrogen-bond donors (Lipinski definition) is 1. The summed E-state index contributed by atoms with van der Waals surface area (Å²) in [6.07, 6.45) is 4.52. The maximum Gasteiger partial charge on any atom is 0.475 e. The van der Waals surface area contributed by atoms with Crippen LogP contribution in [0.5, 0.6) is 0 Å². The Morgan fingerprint density at radius 2 is 2.00 bits per heavy atom. The fourth-order valence-corrected chi connectivity index (χ4v) is 5.43. The maximum atomic E-state index is 6.47. The van der Waals surface area contributed by atoms with Crippen molar-refractivity contribution in [1.29, 1.82) is 0 Å². The minimum absolute atomic E-state index is 0.0626. The second-order valence-corrected chi connectivity index (χ2v) is 8.97. The van der Waals surface area contributed by atoms with Crippen LogP contribution >= 0.6 is 0 Å². The summed E-state index contributed by atoms with van der Waals surface area (Å²) < 4.78 is 12.8. The lowest BCUT2D eigenvalue weighted by Gasteiger charge is -2.64. The lowest BCUT2D eigenvalue weighted by atomic mass is 9.43. The molecule has 1 heterocycles. The van der Waals surface area contributed by atoms with Crippen LogP contribution in [0.3, 0.4) is 0 Å². The van der Waals surface area contributed by atoms with Gasteiger partial charge in [0.05, 0.1) is 11.7 Å². The van der Waals surface area contributed by atoms with Crippen LogP contribution in [-0.2, 0) is 15.7 Å². The number of rotatable bonds is 4. The van der Waals surface area contributed by atoms with Crippen molar-refractivity contribution >= 4 is 7.12 Å². The minimum atomic E-state index is -0.251.